The molecular weight excluding hydrogens is 316 g/mol. The minimum Gasteiger partial charge on any atom is -0.475 e. The van der Waals surface area contributed by atoms with Gasteiger partial charge in [0.2, 0.25) is 5.76 Å². The lowest BCUT2D eigenvalue weighted by molar-refractivity contribution is 0.0665. The monoisotopic (exact) mass is 318 g/mol. The maximum atomic E-state index is 10.6. The Morgan fingerprint density at radius 3 is 2.64 bits per heavy atom. The second-order valence-electron chi connectivity index (χ2n) is 2.72. The van der Waals surface area contributed by atoms with Gasteiger partial charge in [-0.25, -0.2) is 4.79 Å². The average Bonchev–Trinajstić information content (AvgIpc) is 2.47. The molecule has 0 unspecified atom stereocenters. The molecule has 1 aromatic heterocycles. The Morgan fingerprint density at radius 2 is 2.00 bits per heavy atom. The van der Waals surface area contributed by atoms with Crippen LogP contribution in [0.1, 0.15) is 10.6 Å². The summed E-state index contributed by atoms with van der Waals surface area (Å²) >= 11 is 6.62. The first-order valence-electron chi connectivity index (χ1n) is 3.70. The van der Waals surface area contributed by atoms with Crippen molar-refractivity contribution >= 4 is 48.8 Å². The van der Waals surface area contributed by atoms with Crippen LogP contribution in [0.4, 0.5) is 0 Å². The molecule has 0 aliphatic rings. The van der Waals surface area contributed by atoms with Crippen LogP contribution in [0.2, 0.25) is 0 Å². The third kappa shape index (κ3) is 1.57. The van der Waals surface area contributed by atoms with Gasteiger partial charge in [-0.2, -0.15) is 0 Å². The van der Waals surface area contributed by atoms with Crippen molar-refractivity contribution in [2.24, 2.45) is 0 Å². The van der Waals surface area contributed by atoms with Crippen LogP contribution >= 0.6 is 31.9 Å². The average molecular weight is 320 g/mol. The van der Waals surface area contributed by atoms with Gasteiger partial charge in [0.05, 0.1) is 0 Å². The summed E-state index contributed by atoms with van der Waals surface area (Å²) in [6, 6.07) is 5.06. The van der Waals surface area contributed by atoms with Crippen LogP contribution in [0.25, 0.3) is 11.0 Å². The normalized spacial score (nSPS) is 10.7. The van der Waals surface area contributed by atoms with E-state index in [1.165, 1.54) is 6.07 Å². The summed E-state index contributed by atoms with van der Waals surface area (Å²) in [4.78, 5) is 10.6. The fourth-order valence-corrected chi connectivity index (χ4v) is 2.47. The minimum absolute atomic E-state index is 0.0567. The van der Waals surface area contributed by atoms with Gasteiger partial charge >= 0.3 is 5.97 Å². The first-order chi connectivity index (χ1) is 6.58. The SMILES string of the molecule is O=C(O)c1cc2c(Br)cc(Br)cc2o1. The maximum Gasteiger partial charge on any atom is 0.371 e. The van der Waals surface area contributed by atoms with E-state index in [0.29, 0.717) is 5.58 Å². The topological polar surface area (TPSA) is 50.4 Å². The van der Waals surface area contributed by atoms with E-state index in [2.05, 4.69) is 31.9 Å². The Bertz CT molecular complexity index is 516. The smallest absolute Gasteiger partial charge is 0.371 e. The van der Waals surface area contributed by atoms with E-state index in [0.717, 1.165) is 14.3 Å². The fraction of sp³-hybridized carbons (Fsp3) is 0. The van der Waals surface area contributed by atoms with Gasteiger partial charge in [-0.15, -0.1) is 0 Å². The molecule has 0 atom stereocenters. The van der Waals surface area contributed by atoms with E-state index in [-0.39, 0.29) is 5.76 Å². The number of carboxylic acid groups (broad SMARTS) is 1. The number of furan rings is 1. The van der Waals surface area contributed by atoms with Gasteiger partial charge in [0.15, 0.2) is 0 Å². The zero-order valence-corrected chi connectivity index (χ0v) is 9.92. The Balaban J connectivity index is 2.76. The van der Waals surface area contributed by atoms with Gasteiger partial charge < -0.3 is 9.52 Å². The molecule has 0 amide bonds. The molecule has 0 fully saturated rings. The standard InChI is InChI=1S/C9H4Br2O3/c10-4-1-6(11)5-3-8(9(12)13)14-7(5)2-4/h1-3H,(H,12,13). The summed E-state index contributed by atoms with van der Waals surface area (Å²) in [7, 11) is 0. The first kappa shape index (κ1) is 9.73. The van der Waals surface area contributed by atoms with Gasteiger partial charge in [-0.3, -0.25) is 0 Å². The molecular formula is C9H4Br2O3. The molecule has 0 saturated carbocycles. The van der Waals surface area contributed by atoms with Gasteiger partial charge in [0.25, 0.3) is 0 Å². The number of carbonyl (C=O) groups is 1. The summed E-state index contributed by atoms with van der Waals surface area (Å²) in [6.07, 6.45) is 0. The third-order valence-corrected chi connectivity index (χ3v) is 2.88. The molecule has 0 saturated heterocycles. The molecule has 2 rings (SSSR count). The fourth-order valence-electron chi connectivity index (χ4n) is 1.17. The quantitative estimate of drug-likeness (QED) is 0.872. The van der Waals surface area contributed by atoms with E-state index in [9.17, 15) is 4.79 Å². The van der Waals surface area contributed by atoms with E-state index < -0.39 is 5.97 Å². The van der Waals surface area contributed by atoms with Crippen molar-refractivity contribution in [2.75, 3.05) is 0 Å². The van der Waals surface area contributed by atoms with E-state index >= 15 is 0 Å². The van der Waals surface area contributed by atoms with Crippen molar-refractivity contribution in [2.45, 2.75) is 0 Å². The van der Waals surface area contributed by atoms with Crippen LogP contribution in [0.3, 0.4) is 0 Å². The predicted octanol–water partition coefficient (Wildman–Crippen LogP) is 3.66. The first-order valence-corrected chi connectivity index (χ1v) is 5.28. The number of hydrogen-bond acceptors (Lipinski definition) is 2. The van der Waals surface area contributed by atoms with E-state index in [1.54, 1.807) is 6.07 Å². The molecule has 5 heteroatoms. The molecule has 3 nitrogen and oxygen atoms in total. The molecule has 0 radical (unpaired) electrons. The lowest BCUT2D eigenvalue weighted by Crippen LogP contribution is -1.91. The molecule has 0 aliphatic heterocycles. The van der Waals surface area contributed by atoms with E-state index in [1.807, 2.05) is 6.07 Å². The van der Waals surface area contributed by atoms with Gasteiger partial charge in [-0.05, 0) is 28.1 Å². The van der Waals surface area contributed by atoms with Crippen LogP contribution < -0.4 is 0 Å². The number of benzene rings is 1. The highest BCUT2D eigenvalue weighted by Crippen LogP contribution is 2.30. The van der Waals surface area contributed by atoms with Crippen LogP contribution in [0, 0.1) is 0 Å². The molecule has 2 aromatic rings. The highest BCUT2D eigenvalue weighted by molar-refractivity contribution is 9.11. The largest absolute Gasteiger partial charge is 0.475 e. The molecule has 72 valence electrons. The number of halogens is 2. The third-order valence-electron chi connectivity index (χ3n) is 1.76. The van der Waals surface area contributed by atoms with E-state index in [4.69, 9.17) is 9.52 Å². The Hall–Kier alpha value is -0.810. The molecule has 1 N–H and O–H groups in total. The van der Waals surface area contributed by atoms with Gasteiger partial charge in [0.1, 0.15) is 5.58 Å². The minimum atomic E-state index is -1.07. The van der Waals surface area contributed by atoms with Crippen LogP contribution in [0.5, 0.6) is 0 Å². The molecule has 0 aliphatic carbocycles. The molecule has 1 aromatic carbocycles. The summed E-state index contributed by atoms with van der Waals surface area (Å²) in [5.41, 5.74) is 0.545. The van der Waals surface area contributed by atoms with Crippen molar-refractivity contribution in [3.05, 3.63) is 32.9 Å². The second kappa shape index (κ2) is 3.40. The number of fused-ring (bicyclic) bond motifs is 1. The van der Waals surface area contributed by atoms with Crippen molar-refractivity contribution in [1.29, 1.82) is 0 Å². The number of aromatic carboxylic acids is 1. The van der Waals surface area contributed by atoms with Crippen LogP contribution in [0.15, 0.2) is 31.6 Å². The zero-order chi connectivity index (χ0) is 10.3. The Kier molecular flexibility index (Phi) is 2.36. The lowest BCUT2D eigenvalue weighted by Gasteiger charge is -1.93. The molecule has 1 heterocycles. The number of hydrogen-bond donors (Lipinski definition) is 1. The van der Waals surface area contributed by atoms with Crippen molar-refractivity contribution in [1.82, 2.24) is 0 Å². The molecule has 0 bridgehead atoms. The second-order valence-corrected chi connectivity index (χ2v) is 4.49. The van der Waals surface area contributed by atoms with Crippen molar-refractivity contribution in [3.63, 3.8) is 0 Å². The van der Waals surface area contributed by atoms with Gasteiger partial charge in [0, 0.05) is 20.4 Å². The highest BCUT2D eigenvalue weighted by Gasteiger charge is 2.12. The summed E-state index contributed by atoms with van der Waals surface area (Å²) in [6.45, 7) is 0. The summed E-state index contributed by atoms with van der Waals surface area (Å²) in [5.74, 6) is -1.12. The molecule has 0 spiro atoms. The van der Waals surface area contributed by atoms with Gasteiger partial charge in [-0.1, -0.05) is 15.9 Å². The predicted molar refractivity (Wildman–Crippen MR) is 58.6 cm³/mol. The lowest BCUT2D eigenvalue weighted by atomic mass is 10.2. The van der Waals surface area contributed by atoms with Crippen LogP contribution in [-0.2, 0) is 0 Å². The summed E-state index contributed by atoms with van der Waals surface area (Å²) < 4.78 is 6.77. The zero-order valence-electron chi connectivity index (χ0n) is 6.75. The maximum absolute atomic E-state index is 10.6. The highest BCUT2D eigenvalue weighted by atomic mass is 79.9. The van der Waals surface area contributed by atoms with Crippen molar-refractivity contribution in [3.8, 4) is 0 Å². The van der Waals surface area contributed by atoms with Crippen LogP contribution in [-0.4, -0.2) is 11.1 Å². The molecule has 14 heavy (non-hydrogen) atoms. The summed E-state index contributed by atoms with van der Waals surface area (Å²) in [5, 5.41) is 9.48. The Labute approximate surface area is 96.0 Å². The number of rotatable bonds is 1. The number of carboxylic acids is 1. The van der Waals surface area contributed by atoms with Crippen molar-refractivity contribution < 1.29 is 14.3 Å². The Morgan fingerprint density at radius 1 is 1.29 bits per heavy atom.